The van der Waals surface area contributed by atoms with Crippen molar-refractivity contribution in [3.63, 3.8) is 0 Å². The third-order valence-electron chi connectivity index (χ3n) is 2.61. The summed E-state index contributed by atoms with van der Waals surface area (Å²) >= 11 is 5.70. The fourth-order valence-electron chi connectivity index (χ4n) is 1.69. The number of halogens is 1. The Balaban J connectivity index is 3.21. The van der Waals surface area contributed by atoms with Crippen LogP contribution in [0.3, 0.4) is 0 Å². The van der Waals surface area contributed by atoms with Crippen molar-refractivity contribution >= 4 is 23.2 Å². The fraction of sp³-hybridized carbons (Fsp3) is 0.417. The molecule has 0 spiro atoms. The van der Waals surface area contributed by atoms with Gasteiger partial charge in [-0.05, 0) is 26.0 Å². The van der Waals surface area contributed by atoms with E-state index in [0.29, 0.717) is 0 Å². The van der Waals surface area contributed by atoms with Gasteiger partial charge in [0, 0.05) is 23.7 Å². The molecule has 1 rings (SSSR count). The van der Waals surface area contributed by atoms with Crippen molar-refractivity contribution < 1.29 is 14.8 Å². The van der Waals surface area contributed by atoms with Gasteiger partial charge in [-0.1, -0.05) is 11.6 Å². The van der Waals surface area contributed by atoms with Crippen molar-refractivity contribution in [3.05, 3.63) is 38.9 Å². The average molecular weight is 287 g/mol. The Morgan fingerprint density at radius 1 is 1.53 bits per heavy atom. The van der Waals surface area contributed by atoms with Gasteiger partial charge in [0.25, 0.3) is 11.6 Å². The van der Waals surface area contributed by atoms with Crippen LogP contribution in [0.25, 0.3) is 0 Å². The maximum atomic E-state index is 12.3. The first-order valence-electron chi connectivity index (χ1n) is 5.74. The lowest BCUT2D eigenvalue weighted by molar-refractivity contribution is -0.385. The highest BCUT2D eigenvalue weighted by molar-refractivity contribution is 6.31. The third kappa shape index (κ3) is 3.65. The van der Waals surface area contributed by atoms with Gasteiger partial charge in [0.2, 0.25) is 0 Å². The van der Waals surface area contributed by atoms with Crippen molar-refractivity contribution in [2.75, 3.05) is 13.2 Å². The summed E-state index contributed by atoms with van der Waals surface area (Å²) in [6, 6.07) is 3.73. The summed E-state index contributed by atoms with van der Waals surface area (Å²) in [4.78, 5) is 24.0. The maximum Gasteiger partial charge on any atom is 0.283 e. The van der Waals surface area contributed by atoms with Crippen molar-refractivity contribution in [2.24, 2.45) is 0 Å². The molecule has 1 N–H and O–H groups in total. The second kappa shape index (κ2) is 6.49. The van der Waals surface area contributed by atoms with Crippen LogP contribution in [0, 0.1) is 10.1 Å². The monoisotopic (exact) mass is 286 g/mol. The van der Waals surface area contributed by atoms with Crippen LogP contribution in [0.4, 0.5) is 5.69 Å². The lowest BCUT2D eigenvalue weighted by Gasteiger charge is -2.25. The third-order valence-corrected chi connectivity index (χ3v) is 2.85. The summed E-state index contributed by atoms with van der Waals surface area (Å²) in [7, 11) is 0. The Kier molecular flexibility index (Phi) is 5.26. The lowest BCUT2D eigenvalue weighted by Crippen LogP contribution is -2.39. The standard InChI is InChI=1S/C12H15ClN2O4/c1-8(2)14(5-6-16)12(17)10-4-3-9(13)7-11(10)15(18)19/h3-4,7-8,16H,5-6H2,1-2H3. The van der Waals surface area contributed by atoms with Gasteiger partial charge in [0.05, 0.1) is 11.5 Å². The molecule has 0 heterocycles. The quantitative estimate of drug-likeness (QED) is 0.663. The molecular formula is C12H15ClN2O4. The van der Waals surface area contributed by atoms with Crippen LogP contribution in [-0.4, -0.2) is 40.0 Å². The van der Waals surface area contributed by atoms with Crippen LogP contribution in [-0.2, 0) is 0 Å². The number of amides is 1. The molecule has 104 valence electrons. The number of aliphatic hydroxyl groups is 1. The summed E-state index contributed by atoms with van der Waals surface area (Å²) in [6.45, 7) is 3.46. The molecule has 7 heteroatoms. The van der Waals surface area contributed by atoms with E-state index in [0.717, 1.165) is 6.07 Å². The Hall–Kier alpha value is -1.66. The molecule has 0 bridgehead atoms. The van der Waals surface area contributed by atoms with E-state index in [4.69, 9.17) is 16.7 Å². The second-order valence-electron chi connectivity index (χ2n) is 4.23. The van der Waals surface area contributed by atoms with Crippen LogP contribution < -0.4 is 0 Å². The van der Waals surface area contributed by atoms with E-state index in [1.807, 2.05) is 0 Å². The van der Waals surface area contributed by atoms with Crippen LogP contribution in [0.15, 0.2) is 18.2 Å². The zero-order valence-corrected chi connectivity index (χ0v) is 11.4. The molecule has 1 amide bonds. The van der Waals surface area contributed by atoms with E-state index in [1.165, 1.54) is 17.0 Å². The molecule has 1 aromatic carbocycles. The van der Waals surface area contributed by atoms with Gasteiger partial charge in [-0.15, -0.1) is 0 Å². The van der Waals surface area contributed by atoms with Crippen LogP contribution >= 0.6 is 11.6 Å². The summed E-state index contributed by atoms with van der Waals surface area (Å²) in [5, 5.41) is 20.1. The van der Waals surface area contributed by atoms with E-state index in [-0.39, 0.29) is 35.5 Å². The topological polar surface area (TPSA) is 83.7 Å². The zero-order valence-electron chi connectivity index (χ0n) is 10.7. The predicted molar refractivity (Wildman–Crippen MR) is 71.4 cm³/mol. The van der Waals surface area contributed by atoms with Gasteiger partial charge in [-0.25, -0.2) is 0 Å². The molecule has 0 fully saturated rings. The first kappa shape index (κ1) is 15.4. The molecule has 19 heavy (non-hydrogen) atoms. The molecule has 1 aromatic rings. The van der Waals surface area contributed by atoms with Gasteiger partial charge in [-0.3, -0.25) is 14.9 Å². The lowest BCUT2D eigenvalue weighted by atomic mass is 10.1. The van der Waals surface area contributed by atoms with E-state index >= 15 is 0 Å². The highest BCUT2D eigenvalue weighted by Crippen LogP contribution is 2.25. The highest BCUT2D eigenvalue weighted by Gasteiger charge is 2.26. The highest BCUT2D eigenvalue weighted by atomic mass is 35.5. The molecule has 0 unspecified atom stereocenters. The second-order valence-corrected chi connectivity index (χ2v) is 4.67. The molecule has 0 aliphatic carbocycles. The fourth-order valence-corrected chi connectivity index (χ4v) is 1.86. The van der Waals surface area contributed by atoms with Crippen LogP contribution in [0.1, 0.15) is 24.2 Å². The number of hydrogen-bond acceptors (Lipinski definition) is 4. The number of aliphatic hydroxyl groups excluding tert-OH is 1. The molecule has 0 radical (unpaired) electrons. The van der Waals surface area contributed by atoms with E-state index in [9.17, 15) is 14.9 Å². The van der Waals surface area contributed by atoms with E-state index in [1.54, 1.807) is 13.8 Å². The molecular weight excluding hydrogens is 272 g/mol. The number of carbonyl (C=O) groups is 1. The summed E-state index contributed by atoms with van der Waals surface area (Å²) < 4.78 is 0. The molecule has 0 atom stereocenters. The van der Waals surface area contributed by atoms with E-state index < -0.39 is 10.8 Å². The maximum absolute atomic E-state index is 12.3. The molecule has 6 nitrogen and oxygen atoms in total. The zero-order chi connectivity index (χ0) is 14.6. The Morgan fingerprint density at radius 2 is 2.16 bits per heavy atom. The van der Waals surface area contributed by atoms with Crippen molar-refractivity contribution in [1.82, 2.24) is 4.90 Å². The predicted octanol–water partition coefficient (Wildman–Crippen LogP) is 2.09. The van der Waals surface area contributed by atoms with Crippen LogP contribution in [0.5, 0.6) is 0 Å². The summed E-state index contributed by atoms with van der Waals surface area (Å²) in [5.74, 6) is -0.493. The number of nitrogens with zero attached hydrogens (tertiary/aromatic N) is 2. The number of nitro groups is 1. The van der Waals surface area contributed by atoms with Crippen molar-refractivity contribution in [1.29, 1.82) is 0 Å². The minimum atomic E-state index is -0.642. The molecule has 0 aliphatic heterocycles. The van der Waals surface area contributed by atoms with Gasteiger partial charge >= 0.3 is 0 Å². The minimum Gasteiger partial charge on any atom is -0.395 e. The normalized spacial score (nSPS) is 10.6. The van der Waals surface area contributed by atoms with Gasteiger partial charge in [0.15, 0.2) is 0 Å². The number of rotatable bonds is 5. The van der Waals surface area contributed by atoms with Gasteiger partial charge in [-0.2, -0.15) is 0 Å². The smallest absolute Gasteiger partial charge is 0.283 e. The van der Waals surface area contributed by atoms with Gasteiger partial charge in [0.1, 0.15) is 5.56 Å². The van der Waals surface area contributed by atoms with Gasteiger partial charge < -0.3 is 10.0 Å². The van der Waals surface area contributed by atoms with Crippen molar-refractivity contribution in [2.45, 2.75) is 19.9 Å². The Labute approximate surface area is 115 Å². The largest absolute Gasteiger partial charge is 0.395 e. The number of benzene rings is 1. The molecule has 0 aliphatic rings. The first-order valence-corrected chi connectivity index (χ1v) is 6.12. The van der Waals surface area contributed by atoms with E-state index in [2.05, 4.69) is 0 Å². The Bertz CT molecular complexity index is 491. The minimum absolute atomic E-state index is 0.0310. The van der Waals surface area contributed by atoms with Crippen LogP contribution in [0.2, 0.25) is 5.02 Å². The Morgan fingerprint density at radius 3 is 2.63 bits per heavy atom. The SMILES string of the molecule is CC(C)N(CCO)C(=O)c1ccc(Cl)cc1[N+](=O)[O-]. The molecule has 0 saturated carbocycles. The first-order chi connectivity index (χ1) is 8.88. The number of nitro benzene ring substituents is 1. The molecule has 0 aromatic heterocycles. The van der Waals surface area contributed by atoms with Crippen molar-refractivity contribution in [3.8, 4) is 0 Å². The average Bonchev–Trinajstić information content (AvgIpc) is 2.34. The summed E-state index contributed by atoms with van der Waals surface area (Å²) in [5.41, 5.74) is -0.363. The number of carbonyl (C=O) groups excluding carboxylic acids is 1. The summed E-state index contributed by atoms with van der Waals surface area (Å²) in [6.07, 6.45) is 0. The number of hydrogen-bond donors (Lipinski definition) is 1. The molecule has 0 saturated heterocycles.